The first-order valence-corrected chi connectivity index (χ1v) is 25.9. The molecule has 0 bridgehead atoms. The van der Waals surface area contributed by atoms with E-state index in [0.717, 1.165) is 42.6 Å². The van der Waals surface area contributed by atoms with Gasteiger partial charge in [0, 0.05) is 43.4 Å². The highest BCUT2D eigenvalue weighted by Crippen LogP contribution is 2.55. The van der Waals surface area contributed by atoms with Gasteiger partial charge in [0.25, 0.3) is 20.7 Å². The van der Waals surface area contributed by atoms with E-state index in [0.29, 0.717) is 36.7 Å². The van der Waals surface area contributed by atoms with Gasteiger partial charge < -0.3 is 37.0 Å². The Morgan fingerprint density at radius 3 is 2.05 bits per heavy atom. The van der Waals surface area contributed by atoms with Crippen molar-refractivity contribution in [3.8, 4) is 17.6 Å². The van der Waals surface area contributed by atoms with Crippen molar-refractivity contribution in [2.24, 2.45) is 0 Å². The van der Waals surface area contributed by atoms with Gasteiger partial charge in [-0.15, -0.1) is 0 Å². The number of aryl methyl sites for hydroxylation is 1. The van der Waals surface area contributed by atoms with E-state index in [-0.39, 0.29) is 38.1 Å². The molecule has 0 amide bonds. The average molecular weight is 952 g/mol. The Hall–Kier alpha value is -3.81. The van der Waals surface area contributed by atoms with E-state index in [1.54, 1.807) is 21.1 Å². The van der Waals surface area contributed by atoms with Crippen LogP contribution in [0.2, 0.25) is 0 Å². The summed E-state index contributed by atoms with van der Waals surface area (Å²) >= 11 is 5.97. The zero-order valence-corrected chi connectivity index (χ0v) is 41.0. The van der Waals surface area contributed by atoms with Gasteiger partial charge in [-0.25, -0.2) is 14.1 Å². The molecule has 3 heterocycles. The number of benzene rings is 3. The zero-order chi connectivity index (χ0) is 46.6. The van der Waals surface area contributed by atoms with E-state index in [2.05, 4.69) is 48.1 Å². The largest absolute Gasteiger partial charge is 0.497 e. The highest BCUT2D eigenvalue weighted by atomic mass is 32.5. The molecule has 0 spiro atoms. The molecule has 2 saturated heterocycles. The molecule has 0 radical (unpaired) electrons. The molecule has 352 valence electrons. The van der Waals surface area contributed by atoms with Gasteiger partial charge in [0.15, 0.2) is 0 Å². The lowest BCUT2D eigenvalue weighted by Crippen LogP contribution is -2.39. The fourth-order valence-corrected chi connectivity index (χ4v) is 12.8. The van der Waals surface area contributed by atoms with Gasteiger partial charge in [0.05, 0.1) is 59.2 Å². The van der Waals surface area contributed by atoms with E-state index < -0.39 is 50.5 Å². The fourth-order valence-electron chi connectivity index (χ4n) is 8.19. The van der Waals surface area contributed by atoms with Crippen LogP contribution in [-0.2, 0) is 45.0 Å². The molecule has 6 rings (SSSR count). The predicted molar refractivity (Wildman–Crippen MR) is 255 cm³/mol. The van der Waals surface area contributed by atoms with Gasteiger partial charge in [-0.2, -0.15) is 5.26 Å². The van der Waals surface area contributed by atoms with Crippen molar-refractivity contribution in [2.75, 3.05) is 53.7 Å². The monoisotopic (exact) mass is 951 g/mol. The lowest BCUT2D eigenvalue weighted by Gasteiger charge is -2.39. The van der Waals surface area contributed by atoms with E-state index >= 15 is 0 Å². The molecule has 1 aromatic heterocycles. The van der Waals surface area contributed by atoms with Crippen molar-refractivity contribution in [3.05, 3.63) is 128 Å². The first-order valence-electron chi connectivity index (χ1n) is 22.2. The Kier molecular flexibility index (Phi) is 18.5. The summed E-state index contributed by atoms with van der Waals surface area (Å²) in [5.41, 5.74) is 0.735. The number of ether oxygens (including phenoxy) is 4. The fraction of sp³-hybridized carbons (Fsp3) is 0.511. The lowest BCUT2D eigenvalue weighted by molar-refractivity contribution is -0.0926. The van der Waals surface area contributed by atoms with Crippen LogP contribution >= 0.6 is 15.2 Å². The molecule has 5 unspecified atom stereocenters. The third-order valence-electron chi connectivity index (χ3n) is 11.4. The number of nitriles is 1. The van der Waals surface area contributed by atoms with Gasteiger partial charge in [-0.1, -0.05) is 54.6 Å². The second-order valence-electron chi connectivity index (χ2n) is 16.5. The molecule has 5 atom stereocenters. The van der Waals surface area contributed by atoms with Gasteiger partial charge in [0.2, 0.25) is 0 Å². The molecule has 65 heavy (non-hydrogen) atoms. The zero-order valence-electron chi connectivity index (χ0n) is 38.4. The molecule has 0 aliphatic carbocycles. The number of hydrogen-bond acceptors (Lipinski definition) is 13. The molecule has 18 heteroatoms. The number of aromatic amines is 1. The van der Waals surface area contributed by atoms with Gasteiger partial charge >= 0.3 is 5.69 Å². The van der Waals surface area contributed by atoms with E-state index in [1.807, 2.05) is 78.9 Å². The highest BCUT2D eigenvalue weighted by molar-refractivity contribution is 8.08. The Morgan fingerprint density at radius 2 is 1.48 bits per heavy atom. The Bertz CT molecular complexity index is 2270. The smallest absolute Gasteiger partial charge is 0.330 e. The minimum atomic E-state index is -2.76. The summed E-state index contributed by atoms with van der Waals surface area (Å²) in [4.78, 5) is 28.3. The summed E-state index contributed by atoms with van der Waals surface area (Å²) in [5.74, 6) is 1.39. The van der Waals surface area contributed by atoms with Crippen LogP contribution in [0.15, 0.2) is 94.6 Å². The minimum absolute atomic E-state index is 0.0263. The van der Waals surface area contributed by atoms with Crippen LogP contribution in [0.25, 0.3) is 0 Å². The summed E-state index contributed by atoms with van der Waals surface area (Å²) < 4.78 is 57.2. The number of aromatic nitrogens is 2. The van der Waals surface area contributed by atoms with Gasteiger partial charge in [-0.3, -0.25) is 14.3 Å². The molecule has 15 nitrogen and oxygen atoms in total. The second kappa shape index (κ2) is 23.8. The van der Waals surface area contributed by atoms with Crippen LogP contribution in [0.5, 0.6) is 11.5 Å². The van der Waals surface area contributed by atoms with Crippen LogP contribution in [0, 0.1) is 18.3 Å². The number of hydrogen-bond donors (Lipinski definition) is 1. The SMILES string of the molecule is COc1ccc(C(OCC2OC(n3cc(C)c(=O)[nH]c3=O)CC2OP(OCCCOP(=S)(OCCC#N)N2CCCC2)N(C(C)C)C(C)C)(c2ccccc2)c2ccc(OC)cc2)cc1. The third kappa shape index (κ3) is 12.4. The molecule has 4 aromatic rings. The van der Waals surface area contributed by atoms with E-state index in [4.69, 9.17) is 54.1 Å². The third-order valence-corrected chi connectivity index (χ3v) is 17.0. The summed E-state index contributed by atoms with van der Waals surface area (Å²) in [7, 11) is 1.54. The van der Waals surface area contributed by atoms with Crippen molar-refractivity contribution in [1.29, 1.82) is 5.26 Å². The Labute approximate surface area is 389 Å². The quantitative estimate of drug-likeness (QED) is 0.0404. The predicted octanol–water partition coefficient (Wildman–Crippen LogP) is 8.56. The van der Waals surface area contributed by atoms with Crippen molar-refractivity contribution >= 4 is 27.0 Å². The molecular formula is C47H63N5O10P2S. The first-order chi connectivity index (χ1) is 31.3. The first kappa shape index (κ1) is 50.6. The van der Waals surface area contributed by atoms with E-state index in [1.165, 1.54) is 10.8 Å². The maximum Gasteiger partial charge on any atom is 0.330 e. The summed E-state index contributed by atoms with van der Waals surface area (Å²) in [6, 6.07) is 27.8. The van der Waals surface area contributed by atoms with Crippen LogP contribution < -0.4 is 20.7 Å². The maximum absolute atomic E-state index is 13.4. The van der Waals surface area contributed by atoms with Gasteiger partial charge in [-0.05, 0) is 107 Å². The topological polar surface area (TPSA) is 159 Å². The summed E-state index contributed by atoms with van der Waals surface area (Å²) in [6.07, 6.45) is 2.46. The van der Waals surface area contributed by atoms with Crippen molar-refractivity contribution in [2.45, 2.75) is 103 Å². The van der Waals surface area contributed by atoms with Crippen molar-refractivity contribution in [1.82, 2.24) is 18.9 Å². The Morgan fingerprint density at radius 1 is 0.892 bits per heavy atom. The van der Waals surface area contributed by atoms with Crippen molar-refractivity contribution in [3.63, 3.8) is 0 Å². The molecule has 2 aliphatic rings. The van der Waals surface area contributed by atoms with Gasteiger partial charge in [0.1, 0.15) is 29.4 Å². The minimum Gasteiger partial charge on any atom is -0.497 e. The second-order valence-corrected chi connectivity index (χ2v) is 21.3. The number of nitrogens with one attached hydrogen (secondary N) is 1. The maximum atomic E-state index is 13.4. The van der Waals surface area contributed by atoms with Crippen LogP contribution in [0.3, 0.4) is 0 Å². The molecule has 1 N–H and O–H groups in total. The number of H-pyrrole nitrogens is 1. The molecular weight excluding hydrogens is 889 g/mol. The number of nitrogens with zero attached hydrogens (tertiary/aromatic N) is 4. The highest BCUT2D eigenvalue weighted by Gasteiger charge is 2.45. The average Bonchev–Trinajstić information content (AvgIpc) is 4.00. The summed E-state index contributed by atoms with van der Waals surface area (Å²) in [5, 5.41) is 9.13. The van der Waals surface area contributed by atoms with Crippen LogP contribution in [-0.4, -0.2) is 96.9 Å². The molecule has 3 aromatic carbocycles. The Balaban J connectivity index is 1.32. The van der Waals surface area contributed by atoms with Crippen molar-refractivity contribution < 1.29 is 37.0 Å². The number of methoxy groups -OCH3 is 2. The number of rotatable bonds is 24. The standard InChI is InChI=1S/C47H63N5O10P2S/c1-34(2)52(35(3)4)63(58-28-14-30-60-64(65,59-29-13-25-48)50-26-11-12-27-50)62-42-31-44(51-32-36(5)45(53)49-46(51)54)61-43(42)33-57-47(37-15-9-8-10-16-37,38-17-21-40(55-6)22-18-38)39-19-23-41(56-7)24-20-39/h8-10,15-24,32,34-35,42-44H,11-14,26-31,33H2,1-7H3,(H,49,53,54). The molecule has 0 saturated carbocycles. The summed E-state index contributed by atoms with van der Waals surface area (Å²) in [6.45, 7) is 9.79. The van der Waals surface area contributed by atoms with Crippen LogP contribution in [0.1, 0.15) is 88.3 Å². The lowest BCUT2D eigenvalue weighted by atomic mass is 9.80. The van der Waals surface area contributed by atoms with E-state index in [9.17, 15) is 9.59 Å². The molecule has 2 aliphatic heterocycles. The molecule has 2 fully saturated rings. The van der Waals surface area contributed by atoms with Crippen LogP contribution in [0.4, 0.5) is 0 Å². The normalized spacial score (nSPS) is 19.4.